The Kier molecular flexibility index (Phi) is 4.57. The molecule has 0 saturated carbocycles. The molecule has 19 heavy (non-hydrogen) atoms. The lowest BCUT2D eigenvalue weighted by Crippen LogP contribution is -2.08. The van der Waals surface area contributed by atoms with Crippen molar-refractivity contribution < 1.29 is 14.1 Å². The Bertz CT molecular complexity index is 581. The van der Waals surface area contributed by atoms with Crippen LogP contribution in [-0.2, 0) is 4.74 Å². The van der Waals surface area contributed by atoms with Crippen LogP contribution in [0.4, 0.5) is 0 Å². The molecular formula is C13H13NO3S2. The van der Waals surface area contributed by atoms with Gasteiger partial charge in [0.05, 0.1) is 7.11 Å². The molecule has 1 N–H and O–H groups in total. The number of ether oxygens (including phenoxy) is 1. The number of esters is 1. The summed E-state index contributed by atoms with van der Waals surface area (Å²) in [4.78, 5) is 12.8. The van der Waals surface area contributed by atoms with Gasteiger partial charge < -0.3 is 9.29 Å². The van der Waals surface area contributed by atoms with Gasteiger partial charge >= 0.3 is 5.97 Å². The number of carbonyl (C=O) groups excluding carboxylic acids is 1. The van der Waals surface area contributed by atoms with Gasteiger partial charge in [0.2, 0.25) is 0 Å². The Morgan fingerprint density at radius 2 is 2.00 bits per heavy atom. The van der Waals surface area contributed by atoms with Crippen molar-refractivity contribution in [2.45, 2.75) is 16.8 Å². The highest BCUT2D eigenvalue weighted by Gasteiger charge is 2.20. The normalized spacial score (nSPS) is 10.5. The Balaban J connectivity index is 2.45. The maximum atomic E-state index is 11.8. The maximum absolute atomic E-state index is 11.8. The minimum Gasteiger partial charge on any atom is -0.464 e. The highest BCUT2D eigenvalue weighted by atomic mass is 32.2. The van der Waals surface area contributed by atoms with Crippen molar-refractivity contribution in [1.29, 1.82) is 0 Å². The van der Waals surface area contributed by atoms with Gasteiger partial charge in [-0.2, -0.15) is 0 Å². The van der Waals surface area contributed by atoms with Gasteiger partial charge in [-0.1, -0.05) is 18.2 Å². The smallest absolute Gasteiger partial charge is 0.355 e. The second-order valence-electron chi connectivity index (χ2n) is 3.80. The molecule has 0 unspecified atom stereocenters. The Labute approximate surface area is 120 Å². The molecule has 100 valence electrons. The lowest BCUT2D eigenvalue weighted by atomic mass is 10.3. The first-order valence-corrected chi connectivity index (χ1v) is 7.07. The molecule has 0 fully saturated rings. The first-order chi connectivity index (χ1) is 9.17. The fraction of sp³-hybridized carbons (Fsp3) is 0.154. The summed E-state index contributed by atoms with van der Waals surface area (Å²) in [5.74, 6) is -0.416. The fourth-order valence-corrected chi connectivity index (χ4v) is 3.21. The summed E-state index contributed by atoms with van der Waals surface area (Å²) in [6, 6.07) is 11.4. The molecule has 1 heterocycles. The van der Waals surface area contributed by atoms with Crippen LogP contribution in [0, 0.1) is 6.92 Å². The largest absolute Gasteiger partial charge is 0.464 e. The van der Waals surface area contributed by atoms with E-state index in [0.29, 0.717) is 22.8 Å². The molecule has 0 atom stereocenters. The molecule has 6 heteroatoms. The molecule has 0 aliphatic carbocycles. The fourth-order valence-electron chi connectivity index (χ4n) is 1.66. The average Bonchev–Trinajstić information content (AvgIpc) is 2.75. The standard InChI is InChI=1S/C13H13NO3S2/c1-9-8-11(19-16)14(12(9)13(15)17-2)18-10-6-4-3-5-7-10/h3-8,16H,1-2H3. The van der Waals surface area contributed by atoms with Gasteiger partial charge in [-0.05, 0) is 42.6 Å². The van der Waals surface area contributed by atoms with Crippen LogP contribution in [0.2, 0.25) is 0 Å². The zero-order valence-electron chi connectivity index (χ0n) is 10.5. The summed E-state index contributed by atoms with van der Waals surface area (Å²) < 4.78 is 15.8. The summed E-state index contributed by atoms with van der Waals surface area (Å²) in [7, 11) is 1.35. The molecule has 4 nitrogen and oxygen atoms in total. The maximum Gasteiger partial charge on any atom is 0.355 e. The number of nitrogens with zero attached hydrogens (tertiary/aromatic N) is 1. The third-order valence-corrected chi connectivity index (χ3v) is 4.18. The van der Waals surface area contributed by atoms with E-state index in [1.54, 1.807) is 10.0 Å². The van der Waals surface area contributed by atoms with Crippen molar-refractivity contribution in [3.63, 3.8) is 0 Å². The number of carbonyl (C=O) groups is 1. The number of rotatable bonds is 4. The van der Waals surface area contributed by atoms with E-state index in [9.17, 15) is 9.35 Å². The predicted octanol–water partition coefficient (Wildman–Crippen LogP) is 3.70. The quantitative estimate of drug-likeness (QED) is 0.688. The van der Waals surface area contributed by atoms with Crippen LogP contribution in [0.25, 0.3) is 0 Å². The van der Waals surface area contributed by atoms with Gasteiger partial charge in [0.25, 0.3) is 0 Å². The molecule has 0 saturated heterocycles. The summed E-state index contributed by atoms with van der Waals surface area (Å²) >= 11 is 1.98. The number of benzene rings is 1. The van der Waals surface area contributed by atoms with Crippen molar-refractivity contribution in [1.82, 2.24) is 3.97 Å². The van der Waals surface area contributed by atoms with Gasteiger partial charge in [0, 0.05) is 16.9 Å². The highest BCUT2D eigenvalue weighted by Crippen LogP contribution is 2.32. The second-order valence-corrected chi connectivity index (χ2v) is 5.42. The number of aromatic nitrogens is 1. The van der Waals surface area contributed by atoms with Gasteiger partial charge in [-0.25, -0.2) is 4.79 Å². The zero-order chi connectivity index (χ0) is 13.8. The molecule has 2 aromatic rings. The summed E-state index contributed by atoms with van der Waals surface area (Å²) in [5, 5.41) is 0.590. The zero-order valence-corrected chi connectivity index (χ0v) is 12.1. The third-order valence-electron chi connectivity index (χ3n) is 2.53. The van der Waals surface area contributed by atoms with Crippen LogP contribution < -0.4 is 0 Å². The molecule has 1 aromatic heterocycles. The lowest BCUT2D eigenvalue weighted by Gasteiger charge is -2.09. The van der Waals surface area contributed by atoms with E-state index in [-0.39, 0.29) is 0 Å². The molecule has 1 aromatic carbocycles. The van der Waals surface area contributed by atoms with E-state index < -0.39 is 5.97 Å². The summed E-state index contributed by atoms with van der Waals surface area (Å²) in [6.45, 7) is 1.81. The molecular weight excluding hydrogens is 282 g/mol. The topological polar surface area (TPSA) is 51.5 Å². The van der Waals surface area contributed by atoms with E-state index >= 15 is 0 Å². The van der Waals surface area contributed by atoms with E-state index in [1.165, 1.54) is 19.1 Å². The van der Waals surface area contributed by atoms with Crippen LogP contribution in [0.1, 0.15) is 16.1 Å². The van der Waals surface area contributed by atoms with Crippen LogP contribution in [0.15, 0.2) is 46.3 Å². The molecule has 0 spiro atoms. The van der Waals surface area contributed by atoms with Gasteiger partial charge in [0.1, 0.15) is 10.7 Å². The van der Waals surface area contributed by atoms with Crippen molar-refractivity contribution in [3.8, 4) is 0 Å². The summed E-state index contributed by atoms with van der Waals surface area (Å²) in [6.07, 6.45) is 0. The Morgan fingerprint density at radius 3 is 2.58 bits per heavy atom. The number of aryl methyl sites for hydroxylation is 1. The van der Waals surface area contributed by atoms with E-state index in [2.05, 4.69) is 0 Å². The molecule has 2 rings (SSSR count). The first kappa shape index (κ1) is 14.0. The van der Waals surface area contributed by atoms with E-state index in [4.69, 9.17) is 4.74 Å². The lowest BCUT2D eigenvalue weighted by molar-refractivity contribution is 0.0592. The monoisotopic (exact) mass is 295 g/mol. The molecule has 0 amide bonds. The first-order valence-electron chi connectivity index (χ1n) is 5.53. The highest BCUT2D eigenvalue weighted by molar-refractivity contribution is 7.99. The van der Waals surface area contributed by atoms with E-state index in [1.807, 2.05) is 37.3 Å². The molecule has 0 bridgehead atoms. The van der Waals surface area contributed by atoms with Crippen LogP contribution in [0.5, 0.6) is 0 Å². The number of hydrogen-bond acceptors (Lipinski definition) is 5. The Hall–Kier alpha value is -1.37. The predicted molar refractivity (Wildman–Crippen MR) is 76.7 cm³/mol. The van der Waals surface area contributed by atoms with Crippen molar-refractivity contribution in [2.24, 2.45) is 0 Å². The van der Waals surface area contributed by atoms with Crippen LogP contribution >= 0.6 is 24.0 Å². The molecule has 0 aliphatic heterocycles. The average molecular weight is 295 g/mol. The van der Waals surface area contributed by atoms with Crippen molar-refractivity contribution >= 4 is 30.0 Å². The summed E-state index contributed by atoms with van der Waals surface area (Å²) in [5.41, 5.74) is 1.21. The SMILES string of the molecule is COC(=O)c1c(C)cc(SO)n1Sc1ccccc1. The van der Waals surface area contributed by atoms with Crippen LogP contribution in [-0.4, -0.2) is 21.6 Å². The van der Waals surface area contributed by atoms with Crippen molar-refractivity contribution in [3.05, 3.63) is 47.7 Å². The minimum absolute atomic E-state index is 0.416. The number of hydrogen-bond donors (Lipinski definition) is 1. The number of methoxy groups -OCH3 is 1. The van der Waals surface area contributed by atoms with Gasteiger partial charge in [-0.15, -0.1) is 0 Å². The Morgan fingerprint density at radius 1 is 1.32 bits per heavy atom. The van der Waals surface area contributed by atoms with Gasteiger partial charge in [0.15, 0.2) is 0 Å². The second kappa shape index (κ2) is 6.18. The van der Waals surface area contributed by atoms with Crippen molar-refractivity contribution in [2.75, 3.05) is 7.11 Å². The molecule has 0 aliphatic rings. The van der Waals surface area contributed by atoms with Crippen LogP contribution in [0.3, 0.4) is 0 Å². The third kappa shape index (κ3) is 2.97. The van der Waals surface area contributed by atoms with Gasteiger partial charge in [-0.3, -0.25) is 3.97 Å². The minimum atomic E-state index is -0.416. The molecule has 0 radical (unpaired) electrons. The van der Waals surface area contributed by atoms with E-state index in [0.717, 1.165) is 10.5 Å².